The SMILES string of the molecule is C=C(CN1CCOCC1)C(=O)CC[C@@H](NC(=O)[C@@H](CC(=O)NC)Cc1nc2ccc(CC)cc2s1)C1CCOCC1. The van der Waals surface area contributed by atoms with Crippen molar-refractivity contribution in [3.8, 4) is 0 Å². The summed E-state index contributed by atoms with van der Waals surface area (Å²) in [4.78, 5) is 46.1. The van der Waals surface area contributed by atoms with Crippen molar-refractivity contribution in [3.63, 3.8) is 0 Å². The lowest BCUT2D eigenvalue weighted by Gasteiger charge is -2.32. The average Bonchev–Trinajstić information content (AvgIpc) is 3.40. The Labute approximate surface area is 247 Å². The van der Waals surface area contributed by atoms with E-state index in [2.05, 4.69) is 41.2 Å². The van der Waals surface area contributed by atoms with Crippen LogP contribution in [-0.2, 0) is 36.7 Å². The Bertz CT molecular complexity index is 1200. The van der Waals surface area contributed by atoms with Gasteiger partial charge in [-0.25, -0.2) is 4.98 Å². The van der Waals surface area contributed by atoms with Gasteiger partial charge in [-0.05, 0) is 49.3 Å². The first-order valence-corrected chi connectivity index (χ1v) is 15.7. The van der Waals surface area contributed by atoms with Gasteiger partial charge in [0.05, 0.1) is 34.4 Å². The Morgan fingerprint density at radius 1 is 1.15 bits per heavy atom. The van der Waals surface area contributed by atoms with Crippen LogP contribution < -0.4 is 10.6 Å². The normalized spacial score (nSPS) is 18.1. The molecule has 0 aliphatic carbocycles. The first kappa shape index (κ1) is 31.3. The number of aromatic nitrogens is 1. The van der Waals surface area contributed by atoms with E-state index >= 15 is 0 Å². The van der Waals surface area contributed by atoms with Crippen LogP contribution in [0.3, 0.4) is 0 Å². The number of carbonyl (C=O) groups excluding carboxylic acids is 3. The van der Waals surface area contributed by atoms with Crippen molar-refractivity contribution < 1.29 is 23.9 Å². The van der Waals surface area contributed by atoms with E-state index in [1.807, 2.05) is 6.07 Å². The molecule has 2 fully saturated rings. The number of Topliss-reactive ketones (excluding diaryl/α,β-unsaturated/α-hetero) is 1. The molecule has 2 atom stereocenters. The van der Waals surface area contributed by atoms with E-state index in [4.69, 9.17) is 14.5 Å². The van der Waals surface area contributed by atoms with Gasteiger partial charge < -0.3 is 20.1 Å². The molecule has 0 radical (unpaired) electrons. The first-order chi connectivity index (χ1) is 19.9. The van der Waals surface area contributed by atoms with Crippen molar-refractivity contribution in [2.45, 2.75) is 57.9 Å². The number of morpholine rings is 1. The predicted octanol–water partition coefficient (Wildman–Crippen LogP) is 3.30. The number of aryl methyl sites for hydroxylation is 1. The number of nitrogens with one attached hydrogen (secondary N) is 2. The van der Waals surface area contributed by atoms with Gasteiger partial charge in [0, 0.05) is 70.8 Å². The molecule has 10 heteroatoms. The molecule has 0 saturated carbocycles. The maximum absolute atomic E-state index is 13.7. The van der Waals surface area contributed by atoms with Crippen molar-refractivity contribution in [2.75, 3.05) is 53.1 Å². The van der Waals surface area contributed by atoms with E-state index in [9.17, 15) is 14.4 Å². The van der Waals surface area contributed by atoms with Gasteiger partial charge in [-0.2, -0.15) is 0 Å². The molecule has 1 aromatic heterocycles. The van der Waals surface area contributed by atoms with Gasteiger partial charge in [-0.3, -0.25) is 19.3 Å². The highest BCUT2D eigenvalue weighted by Gasteiger charge is 2.30. The van der Waals surface area contributed by atoms with Crippen LogP contribution in [-0.4, -0.2) is 86.6 Å². The maximum atomic E-state index is 13.7. The van der Waals surface area contributed by atoms with Crippen LogP contribution in [0.5, 0.6) is 0 Å². The third-order valence-corrected chi connectivity index (χ3v) is 9.21. The number of fused-ring (bicyclic) bond motifs is 1. The van der Waals surface area contributed by atoms with Gasteiger partial charge in [0.15, 0.2) is 5.78 Å². The molecular weight excluding hydrogens is 540 g/mol. The Morgan fingerprint density at radius 3 is 2.59 bits per heavy atom. The minimum Gasteiger partial charge on any atom is -0.381 e. The van der Waals surface area contributed by atoms with Crippen molar-refractivity contribution in [3.05, 3.63) is 40.9 Å². The maximum Gasteiger partial charge on any atom is 0.224 e. The third kappa shape index (κ3) is 9.16. The Morgan fingerprint density at radius 2 is 1.88 bits per heavy atom. The molecule has 4 rings (SSSR count). The number of carbonyl (C=O) groups is 3. The van der Waals surface area contributed by atoms with E-state index in [1.54, 1.807) is 18.4 Å². The molecule has 2 aliphatic rings. The summed E-state index contributed by atoms with van der Waals surface area (Å²) in [5, 5.41) is 6.76. The number of rotatable bonds is 14. The summed E-state index contributed by atoms with van der Waals surface area (Å²) >= 11 is 1.58. The Kier molecular flexibility index (Phi) is 11.9. The quantitative estimate of drug-likeness (QED) is 0.328. The zero-order valence-corrected chi connectivity index (χ0v) is 25.2. The first-order valence-electron chi connectivity index (χ1n) is 14.8. The molecule has 2 aromatic rings. The summed E-state index contributed by atoms with van der Waals surface area (Å²) < 4.78 is 12.1. The summed E-state index contributed by atoms with van der Waals surface area (Å²) in [5.74, 6) is -0.667. The minimum absolute atomic E-state index is 0.0330. The molecule has 3 heterocycles. The molecule has 9 nitrogen and oxygen atoms in total. The molecule has 41 heavy (non-hydrogen) atoms. The second-order valence-corrected chi connectivity index (χ2v) is 12.2. The van der Waals surface area contributed by atoms with Crippen LogP contribution in [0, 0.1) is 11.8 Å². The van der Waals surface area contributed by atoms with E-state index < -0.39 is 5.92 Å². The lowest BCUT2D eigenvalue weighted by molar-refractivity contribution is -0.131. The number of hydrogen-bond donors (Lipinski definition) is 2. The van der Waals surface area contributed by atoms with E-state index in [0.717, 1.165) is 47.6 Å². The summed E-state index contributed by atoms with van der Waals surface area (Å²) in [6.07, 6.45) is 3.91. The second kappa shape index (κ2) is 15.5. The fourth-order valence-corrected chi connectivity index (χ4v) is 6.65. The Balaban J connectivity index is 1.43. The van der Waals surface area contributed by atoms with Crippen LogP contribution in [0.2, 0.25) is 0 Å². The zero-order chi connectivity index (χ0) is 29.2. The third-order valence-electron chi connectivity index (χ3n) is 8.17. The number of benzene rings is 1. The van der Waals surface area contributed by atoms with Gasteiger partial charge in [-0.1, -0.05) is 19.6 Å². The summed E-state index contributed by atoms with van der Waals surface area (Å²) in [6.45, 7) is 11.0. The van der Waals surface area contributed by atoms with Crippen LogP contribution in [0.1, 0.15) is 49.6 Å². The number of amides is 2. The van der Waals surface area contributed by atoms with Crippen molar-refractivity contribution in [1.29, 1.82) is 0 Å². The van der Waals surface area contributed by atoms with Crippen molar-refractivity contribution in [2.24, 2.45) is 11.8 Å². The number of thiazole rings is 1. The van der Waals surface area contributed by atoms with Gasteiger partial charge in [-0.15, -0.1) is 11.3 Å². The second-order valence-electron chi connectivity index (χ2n) is 11.1. The highest BCUT2D eigenvalue weighted by Crippen LogP contribution is 2.27. The average molecular weight is 585 g/mol. The van der Waals surface area contributed by atoms with Gasteiger partial charge in [0.2, 0.25) is 11.8 Å². The molecule has 0 spiro atoms. The van der Waals surface area contributed by atoms with Crippen molar-refractivity contribution in [1.82, 2.24) is 20.5 Å². The number of nitrogens with zero attached hydrogens (tertiary/aromatic N) is 2. The molecule has 1 aromatic carbocycles. The largest absolute Gasteiger partial charge is 0.381 e. The van der Waals surface area contributed by atoms with Crippen LogP contribution in [0.15, 0.2) is 30.4 Å². The lowest BCUT2D eigenvalue weighted by atomic mass is 9.87. The summed E-state index contributed by atoms with van der Waals surface area (Å²) in [6, 6.07) is 6.07. The predicted molar refractivity (Wildman–Crippen MR) is 161 cm³/mol. The minimum atomic E-state index is -0.560. The lowest BCUT2D eigenvalue weighted by Crippen LogP contribution is -2.46. The fourth-order valence-electron chi connectivity index (χ4n) is 5.54. The highest BCUT2D eigenvalue weighted by atomic mass is 32.1. The van der Waals surface area contributed by atoms with Crippen LogP contribution >= 0.6 is 11.3 Å². The molecule has 224 valence electrons. The molecule has 0 bridgehead atoms. The van der Waals surface area contributed by atoms with Gasteiger partial charge >= 0.3 is 0 Å². The molecule has 2 amide bonds. The Hall–Kier alpha value is -2.66. The smallest absolute Gasteiger partial charge is 0.224 e. The summed E-state index contributed by atoms with van der Waals surface area (Å²) in [7, 11) is 1.58. The van der Waals surface area contributed by atoms with Crippen molar-refractivity contribution >= 4 is 39.2 Å². The standard InChI is InChI=1S/C31H44N4O5S/c1-4-22-5-6-26-28(17-22)41-30(33-26)19-24(18-29(37)32-3)31(38)34-25(23-9-13-39-14-10-23)7-8-27(36)21(2)20-35-11-15-40-16-12-35/h5-6,17,23-25H,2,4,7-16,18-20H2,1,3H3,(H,32,37)(H,34,38)/t24-,25+/m0/s1. The molecule has 2 N–H and O–H groups in total. The number of hydrogen-bond acceptors (Lipinski definition) is 8. The molecule has 2 saturated heterocycles. The van der Waals surface area contributed by atoms with Crippen LogP contribution in [0.4, 0.5) is 0 Å². The molecule has 2 aliphatic heterocycles. The van der Waals surface area contributed by atoms with Crippen LogP contribution in [0.25, 0.3) is 10.2 Å². The number of ether oxygens (including phenoxy) is 2. The highest BCUT2D eigenvalue weighted by molar-refractivity contribution is 7.18. The zero-order valence-electron chi connectivity index (χ0n) is 24.4. The van der Waals surface area contributed by atoms with Gasteiger partial charge in [0.1, 0.15) is 0 Å². The van der Waals surface area contributed by atoms with Gasteiger partial charge in [0.25, 0.3) is 0 Å². The van der Waals surface area contributed by atoms with E-state index in [1.165, 1.54) is 5.56 Å². The van der Waals surface area contributed by atoms with E-state index in [-0.39, 0.29) is 36.0 Å². The van der Waals surface area contributed by atoms with E-state index in [0.29, 0.717) is 57.8 Å². The fraction of sp³-hybridized carbons (Fsp3) is 0.613. The topological polar surface area (TPSA) is 110 Å². The monoisotopic (exact) mass is 584 g/mol. The molecule has 0 unspecified atom stereocenters. The summed E-state index contributed by atoms with van der Waals surface area (Å²) in [5.41, 5.74) is 2.76. The molecular formula is C31H44N4O5S. The number of ketones is 1.